The van der Waals surface area contributed by atoms with Crippen LogP contribution >= 0.6 is 11.6 Å². The van der Waals surface area contributed by atoms with Gasteiger partial charge in [0.1, 0.15) is 5.82 Å². The fourth-order valence-corrected chi connectivity index (χ4v) is 4.27. The molecule has 0 spiro atoms. The summed E-state index contributed by atoms with van der Waals surface area (Å²) in [5, 5.41) is 9.71. The van der Waals surface area contributed by atoms with Gasteiger partial charge in [-0.15, -0.1) is 10.2 Å². The van der Waals surface area contributed by atoms with Gasteiger partial charge in [0.25, 0.3) is 0 Å². The summed E-state index contributed by atoms with van der Waals surface area (Å²) in [4.78, 5) is 16.3. The van der Waals surface area contributed by atoms with E-state index in [1.54, 1.807) is 6.92 Å². The molecule has 1 fully saturated rings. The Morgan fingerprint density at radius 2 is 2.04 bits per heavy atom. The lowest BCUT2D eigenvalue weighted by atomic mass is 10.2. The highest BCUT2D eigenvalue weighted by Gasteiger charge is 2.33. The van der Waals surface area contributed by atoms with Crippen LogP contribution in [0.2, 0.25) is 5.02 Å². The summed E-state index contributed by atoms with van der Waals surface area (Å²) >= 11 is 6.32. The molecule has 0 unspecified atom stereocenters. The summed E-state index contributed by atoms with van der Waals surface area (Å²) < 4.78 is 2.23. The smallest absolute Gasteiger partial charge is 0.220 e. The molecule has 2 aliphatic rings. The third kappa shape index (κ3) is 3.35. The summed E-state index contributed by atoms with van der Waals surface area (Å²) in [6, 6.07) is 8.09. The Hall–Kier alpha value is -1.92. The Bertz CT molecular complexity index is 805. The quantitative estimate of drug-likeness (QED) is 0.830. The highest BCUT2D eigenvalue weighted by molar-refractivity contribution is 6.31. The molecule has 0 N–H and O–H groups in total. The van der Waals surface area contributed by atoms with Crippen LogP contribution in [0.5, 0.6) is 0 Å². The van der Waals surface area contributed by atoms with Crippen molar-refractivity contribution in [2.24, 2.45) is 0 Å². The van der Waals surface area contributed by atoms with Crippen molar-refractivity contribution in [3.05, 3.63) is 46.5 Å². The third-order valence-corrected chi connectivity index (χ3v) is 5.82. The van der Waals surface area contributed by atoms with E-state index in [0.717, 1.165) is 74.2 Å². The van der Waals surface area contributed by atoms with Gasteiger partial charge in [0.05, 0.1) is 6.04 Å². The summed E-state index contributed by atoms with van der Waals surface area (Å²) in [6.07, 6.45) is 2.87. The molecule has 7 heteroatoms. The number of hydrogen-bond acceptors (Lipinski definition) is 4. The van der Waals surface area contributed by atoms with Crippen LogP contribution in [0.3, 0.4) is 0 Å². The van der Waals surface area contributed by atoms with Crippen molar-refractivity contribution < 1.29 is 4.79 Å². The second-order valence-electron chi connectivity index (χ2n) is 7.11. The van der Waals surface area contributed by atoms with E-state index in [1.807, 2.05) is 23.1 Å². The molecule has 26 heavy (non-hydrogen) atoms. The lowest BCUT2D eigenvalue weighted by Crippen LogP contribution is -2.31. The van der Waals surface area contributed by atoms with Gasteiger partial charge in [-0.3, -0.25) is 9.69 Å². The van der Waals surface area contributed by atoms with Crippen molar-refractivity contribution >= 4 is 17.5 Å². The number of rotatable bonds is 3. The number of fused-ring (bicyclic) bond motifs is 1. The second-order valence-corrected chi connectivity index (χ2v) is 7.52. The number of carbonyl (C=O) groups excluding carboxylic acids is 1. The predicted molar refractivity (Wildman–Crippen MR) is 99.8 cm³/mol. The first kappa shape index (κ1) is 17.5. The van der Waals surface area contributed by atoms with Gasteiger partial charge in [-0.1, -0.05) is 29.8 Å². The Morgan fingerprint density at radius 1 is 1.19 bits per heavy atom. The Kier molecular flexibility index (Phi) is 4.96. The maximum atomic E-state index is 11.9. The van der Waals surface area contributed by atoms with E-state index in [4.69, 9.17) is 11.6 Å². The monoisotopic (exact) mass is 373 g/mol. The summed E-state index contributed by atoms with van der Waals surface area (Å²) in [6.45, 7) is 6.02. The number of amides is 1. The lowest BCUT2D eigenvalue weighted by Gasteiger charge is -2.24. The Balaban J connectivity index is 1.50. The molecule has 0 bridgehead atoms. The first-order valence-electron chi connectivity index (χ1n) is 9.28. The van der Waals surface area contributed by atoms with E-state index in [9.17, 15) is 4.79 Å². The van der Waals surface area contributed by atoms with Crippen LogP contribution in [0.15, 0.2) is 24.3 Å². The first-order chi connectivity index (χ1) is 12.6. The van der Waals surface area contributed by atoms with Gasteiger partial charge in [0, 0.05) is 51.1 Å². The van der Waals surface area contributed by atoms with Crippen molar-refractivity contribution in [1.29, 1.82) is 0 Å². The van der Waals surface area contributed by atoms with Crippen LogP contribution in [0.4, 0.5) is 0 Å². The van der Waals surface area contributed by atoms with Crippen molar-refractivity contribution in [3.63, 3.8) is 0 Å². The minimum absolute atomic E-state index is 0.0730. The molecule has 1 saturated heterocycles. The number of halogens is 1. The van der Waals surface area contributed by atoms with E-state index < -0.39 is 0 Å². The van der Waals surface area contributed by atoms with Gasteiger partial charge in [-0.2, -0.15) is 0 Å². The number of aromatic nitrogens is 3. The van der Waals surface area contributed by atoms with Crippen molar-refractivity contribution in [2.45, 2.75) is 45.3 Å². The van der Waals surface area contributed by atoms with Crippen LogP contribution < -0.4 is 0 Å². The zero-order valence-corrected chi connectivity index (χ0v) is 15.8. The van der Waals surface area contributed by atoms with Gasteiger partial charge < -0.3 is 9.47 Å². The Labute approximate surface area is 158 Å². The molecule has 0 aliphatic carbocycles. The average Bonchev–Trinajstić information content (AvgIpc) is 3.21. The van der Waals surface area contributed by atoms with Crippen LogP contribution in [0, 0.1) is 0 Å². The van der Waals surface area contributed by atoms with E-state index in [-0.39, 0.29) is 11.9 Å². The number of nitrogens with zero attached hydrogens (tertiary/aromatic N) is 5. The van der Waals surface area contributed by atoms with Crippen LogP contribution in [0.25, 0.3) is 0 Å². The summed E-state index contributed by atoms with van der Waals surface area (Å²) in [5.41, 5.74) is 1.16. The Morgan fingerprint density at radius 3 is 2.85 bits per heavy atom. The highest BCUT2D eigenvalue weighted by Crippen LogP contribution is 2.31. The van der Waals surface area contributed by atoms with Crippen LogP contribution in [0.1, 0.15) is 43.0 Å². The minimum Gasteiger partial charge on any atom is -0.333 e. The number of likely N-dealkylation sites (tertiary alicyclic amines) is 1. The molecule has 1 aromatic carbocycles. The molecule has 6 nitrogen and oxygen atoms in total. The number of hydrogen-bond donors (Lipinski definition) is 0. The van der Waals surface area contributed by atoms with E-state index in [0.29, 0.717) is 0 Å². The van der Waals surface area contributed by atoms with Gasteiger partial charge in [-0.05, 0) is 24.5 Å². The minimum atomic E-state index is 0.0730. The standard InChI is InChI=1S/C19H24ClN5O/c1-14(26)24-9-4-7-17(24)19-22-21-18-8-10-23(11-12-25(18)19)13-15-5-2-3-6-16(15)20/h2-3,5-6,17H,4,7-13H2,1H3/t17-/m0/s1. The molecule has 1 amide bonds. The number of carbonyl (C=O) groups is 1. The first-order valence-corrected chi connectivity index (χ1v) is 9.66. The molecular weight excluding hydrogens is 350 g/mol. The van der Waals surface area contributed by atoms with E-state index in [1.165, 1.54) is 0 Å². The van der Waals surface area contributed by atoms with Crippen molar-refractivity contribution in [2.75, 3.05) is 19.6 Å². The highest BCUT2D eigenvalue weighted by atomic mass is 35.5. The van der Waals surface area contributed by atoms with E-state index >= 15 is 0 Å². The molecule has 3 heterocycles. The molecular formula is C19H24ClN5O. The van der Waals surface area contributed by atoms with Crippen molar-refractivity contribution in [3.8, 4) is 0 Å². The second kappa shape index (κ2) is 7.37. The third-order valence-electron chi connectivity index (χ3n) is 5.45. The molecule has 2 aromatic rings. The predicted octanol–water partition coefficient (Wildman–Crippen LogP) is 2.67. The SMILES string of the molecule is CC(=O)N1CCC[C@H]1c1nnc2n1CCN(Cc1ccccc1Cl)CC2. The van der Waals surface area contributed by atoms with Gasteiger partial charge >= 0.3 is 0 Å². The maximum Gasteiger partial charge on any atom is 0.220 e. The summed E-state index contributed by atoms with van der Waals surface area (Å²) in [5.74, 6) is 2.10. The van der Waals surface area contributed by atoms with Gasteiger partial charge in [0.15, 0.2) is 5.82 Å². The van der Waals surface area contributed by atoms with Crippen LogP contribution in [-0.2, 0) is 24.3 Å². The zero-order chi connectivity index (χ0) is 18.1. The molecule has 4 rings (SSSR count). The lowest BCUT2D eigenvalue weighted by molar-refractivity contribution is -0.129. The molecule has 138 valence electrons. The number of benzene rings is 1. The molecule has 1 atom stereocenters. The average molecular weight is 374 g/mol. The molecule has 0 radical (unpaired) electrons. The maximum absolute atomic E-state index is 11.9. The molecule has 1 aromatic heterocycles. The largest absolute Gasteiger partial charge is 0.333 e. The van der Waals surface area contributed by atoms with Gasteiger partial charge in [0.2, 0.25) is 5.91 Å². The van der Waals surface area contributed by atoms with Crippen molar-refractivity contribution in [1.82, 2.24) is 24.6 Å². The van der Waals surface area contributed by atoms with E-state index in [2.05, 4.69) is 25.7 Å². The summed E-state index contributed by atoms with van der Waals surface area (Å²) in [7, 11) is 0. The van der Waals surface area contributed by atoms with Gasteiger partial charge in [-0.25, -0.2) is 0 Å². The molecule has 0 saturated carbocycles. The zero-order valence-electron chi connectivity index (χ0n) is 15.1. The topological polar surface area (TPSA) is 54.3 Å². The fraction of sp³-hybridized carbons (Fsp3) is 0.526. The normalized spacial score (nSPS) is 20.8. The molecule has 2 aliphatic heterocycles. The van der Waals surface area contributed by atoms with Crippen LogP contribution in [-0.4, -0.2) is 50.1 Å². The fourth-order valence-electron chi connectivity index (χ4n) is 4.07.